The Labute approximate surface area is 74.8 Å². The first-order valence-corrected chi connectivity index (χ1v) is 3.46. The van der Waals surface area contributed by atoms with Gasteiger partial charge in [0.1, 0.15) is 6.61 Å². The minimum atomic E-state index is -4.87. The Morgan fingerprint density at radius 3 is 2.29 bits per heavy atom. The van der Waals surface area contributed by atoms with Crippen molar-refractivity contribution >= 4 is 6.16 Å². The van der Waals surface area contributed by atoms with Crippen LogP contribution in [-0.2, 0) is 9.47 Å². The lowest BCUT2D eigenvalue weighted by atomic mass is 10.1. The van der Waals surface area contributed by atoms with Crippen LogP contribution in [0.1, 0.15) is 0 Å². The van der Waals surface area contributed by atoms with Crippen molar-refractivity contribution < 1.29 is 36.2 Å². The van der Waals surface area contributed by atoms with Crippen LogP contribution in [0.25, 0.3) is 0 Å². The van der Waals surface area contributed by atoms with Crippen molar-refractivity contribution in [2.45, 2.75) is 17.9 Å². The number of ether oxygens (including phenoxy) is 2. The SMILES string of the molecule is O=C1OCC(C(F)(F)C(F)(F)CF)O1. The van der Waals surface area contributed by atoms with E-state index in [1.165, 1.54) is 0 Å². The molecule has 82 valence electrons. The zero-order valence-corrected chi connectivity index (χ0v) is 6.61. The van der Waals surface area contributed by atoms with E-state index in [4.69, 9.17) is 0 Å². The molecule has 0 amide bonds. The average Bonchev–Trinajstić information content (AvgIpc) is 2.52. The highest BCUT2D eigenvalue weighted by molar-refractivity contribution is 5.62. The molecule has 1 saturated heterocycles. The summed E-state index contributed by atoms with van der Waals surface area (Å²) >= 11 is 0. The average molecular weight is 220 g/mol. The zero-order valence-electron chi connectivity index (χ0n) is 6.61. The molecule has 0 aromatic rings. The third-order valence-electron chi connectivity index (χ3n) is 1.65. The fourth-order valence-electron chi connectivity index (χ4n) is 0.831. The van der Waals surface area contributed by atoms with Gasteiger partial charge in [-0.25, -0.2) is 9.18 Å². The Balaban J connectivity index is 2.79. The van der Waals surface area contributed by atoms with Crippen molar-refractivity contribution in [3.05, 3.63) is 0 Å². The van der Waals surface area contributed by atoms with E-state index in [1.807, 2.05) is 0 Å². The molecule has 1 atom stereocenters. The van der Waals surface area contributed by atoms with Crippen LogP contribution in [0.4, 0.5) is 26.7 Å². The Morgan fingerprint density at radius 2 is 1.93 bits per heavy atom. The maximum atomic E-state index is 12.7. The molecule has 0 bridgehead atoms. The van der Waals surface area contributed by atoms with Crippen LogP contribution in [0.3, 0.4) is 0 Å². The van der Waals surface area contributed by atoms with Crippen LogP contribution in [0, 0.1) is 0 Å². The number of hydrogen-bond acceptors (Lipinski definition) is 3. The third-order valence-corrected chi connectivity index (χ3v) is 1.65. The minimum absolute atomic E-state index is 1.01. The highest BCUT2D eigenvalue weighted by Crippen LogP contribution is 2.40. The number of cyclic esters (lactones) is 2. The number of rotatable bonds is 3. The van der Waals surface area contributed by atoms with E-state index >= 15 is 0 Å². The number of halogens is 5. The number of carbonyl (C=O) groups is 1. The molecular formula is C6H5F5O3. The lowest BCUT2D eigenvalue weighted by molar-refractivity contribution is -0.251. The van der Waals surface area contributed by atoms with E-state index < -0.39 is 37.4 Å². The van der Waals surface area contributed by atoms with E-state index in [2.05, 4.69) is 9.47 Å². The maximum Gasteiger partial charge on any atom is 0.509 e. The van der Waals surface area contributed by atoms with Gasteiger partial charge in [0.15, 0.2) is 6.67 Å². The third kappa shape index (κ3) is 1.60. The van der Waals surface area contributed by atoms with Crippen LogP contribution in [-0.4, -0.2) is 37.4 Å². The first-order chi connectivity index (χ1) is 6.31. The lowest BCUT2D eigenvalue weighted by Crippen LogP contribution is -2.52. The summed E-state index contributed by atoms with van der Waals surface area (Å²) in [6.07, 6.45) is -3.91. The summed E-state index contributed by atoms with van der Waals surface area (Å²) in [6.45, 7) is -3.55. The summed E-state index contributed by atoms with van der Waals surface area (Å²) in [6, 6.07) is 0. The van der Waals surface area contributed by atoms with Crippen LogP contribution in [0.15, 0.2) is 0 Å². The van der Waals surface area contributed by atoms with Gasteiger partial charge in [-0.2, -0.15) is 17.6 Å². The highest BCUT2D eigenvalue weighted by Gasteiger charge is 2.64. The van der Waals surface area contributed by atoms with Gasteiger partial charge in [0.2, 0.25) is 6.10 Å². The van der Waals surface area contributed by atoms with Crippen molar-refractivity contribution in [2.75, 3.05) is 13.3 Å². The molecule has 1 aliphatic rings. The van der Waals surface area contributed by atoms with E-state index in [1.54, 1.807) is 0 Å². The van der Waals surface area contributed by atoms with Gasteiger partial charge in [-0.05, 0) is 0 Å². The topological polar surface area (TPSA) is 35.5 Å². The zero-order chi connectivity index (χ0) is 11.0. The Morgan fingerprint density at radius 1 is 1.36 bits per heavy atom. The van der Waals surface area contributed by atoms with Crippen molar-refractivity contribution in [3.63, 3.8) is 0 Å². The molecule has 1 aliphatic heterocycles. The standard InChI is InChI=1S/C6H5F5O3/c7-2-5(8,9)6(10,11)3-1-13-4(12)14-3/h3H,1-2H2. The normalized spacial score (nSPS) is 23.2. The molecule has 14 heavy (non-hydrogen) atoms. The first kappa shape index (κ1) is 11.0. The van der Waals surface area contributed by atoms with E-state index in [0.717, 1.165) is 0 Å². The van der Waals surface area contributed by atoms with Gasteiger partial charge in [0.25, 0.3) is 0 Å². The monoisotopic (exact) mass is 220 g/mol. The fraction of sp³-hybridized carbons (Fsp3) is 0.833. The van der Waals surface area contributed by atoms with Crippen molar-refractivity contribution in [1.29, 1.82) is 0 Å². The highest BCUT2D eigenvalue weighted by atomic mass is 19.3. The Kier molecular flexibility index (Phi) is 2.55. The Bertz CT molecular complexity index is 242. The number of alkyl halides is 5. The summed E-state index contributed by atoms with van der Waals surface area (Å²) < 4.78 is 69.4. The predicted molar refractivity (Wildman–Crippen MR) is 32.1 cm³/mol. The van der Waals surface area contributed by atoms with Crippen LogP contribution >= 0.6 is 0 Å². The molecule has 0 aliphatic carbocycles. The smallest absolute Gasteiger partial charge is 0.430 e. The van der Waals surface area contributed by atoms with Gasteiger partial charge in [0.05, 0.1) is 0 Å². The molecular weight excluding hydrogens is 215 g/mol. The Hall–Kier alpha value is -1.08. The number of hydrogen-bond donors (Lipinski definition) is 0. The van der Waals surface area contributed by atoms with Crippen molar-refractivity contribution in [2.24, 2.45) is 0 Å². The van der Waals surface area contributed by atoms with Crippen LogP contribution in [0.2, 0.25) is 0 Å². The summed E-state index contributed by atoms with van der Waals surface area (Å²) in [5, 5.41) is 0. The molecule has 1 heterocycles. The molecule has 0 radical (unpaired) electrons. The second kappa shape index (κ2) is 3.25. The van der Waals surface area contributed by atoms with Crippen molar-refractivity contribution in [1.82, 2.24) is 0 Å². The summed E-state index contributed by atoms with van der Waals surface area (Å²) in [5.41, 5.74) is 0. The van der Waals surface area contributed by atoms with Crippen LogP contribution < -0.4 is 0 Å². The van der Waals surface area contributed by atoms with Gasteiger partial charge in [0, 0.05) is 0 Å². The van der Waals surface area contributed by atoms with Gasteiger partial charge >= 0.3 is 18.0 Å². The molecule has 0 N–H and O–H groups in total. The number of carbonyl (C=O) groups excluding carboxylic acids is 1. The second-order valence-corrected chi connectivity index (χ2v) is 2.63. The molecule has 1 rings (SSSR count). The van der Waals surface area contributed by atoms with Crippen molar-refractivity contribution in [3.8, 4) is 0 Å². The van der Waals surface area contributed by atoms with E-state index in [9.17, 15) is 26.7 Å². The second-order valence-electron chi connectivity index (χ2n) is 2.63. The molecule has 8 heteroatoms. The summed E-state index contributed by atoms with van der Waals surface area (Å²) in [4.78, 5) is 10.2. The molecule has 0 aromatic carbocycles. The molecule has 0 saturated carbocycles. The predicted octanol–water partition coefficient (Wildman–Crippen LogP) is 1.76. The van der Waals surface area contributed by atoms with Gasteiger partial charge in [-0.15, -0.1) is 0 Å². The lowest BCUT2D eigenvalue weighted by Gasteiger charge is -2.26. The quantitative estimate of drug-likeness (QED) is 0.537. The maximum absolute atomic E-state index is 12.7. The molecule has 3 nitrogen and oxygen atoms in total. The molecule has 0 spiro atoms. The van der Waals surface area contributed by atoms with E-state index in [-0.39, 0.29) is 0 Å². The van der Waals surface area contributed by atoms with Gasteiger partial charge in [-0.3, -0.25) is 0 Å². The van der Waals surface area contributed by atoms with E-state index in [0.29, 0.717) is 0 Å². The molecule has 0 aromatic heterocycles. The largest absolute Gasteiger partial charge is 0.509 e. The molecule has 1 unspecified atom stereocenters. The van der Waals surface area contributed by atoms with Crippen LogP contribution in [0.5, 0.6) is 0 Å². The minimum Gasteiger partial charge on any atom is -0.430 e. The molecule has 1 fully saturated rings. The summed E-state index contributed by atoms with van der Waals surface area (Å²) in [7, 11) is 0. The fourth-order valence-corrected chi connectivity index (χ4v) is 0.831. The van der Waals surface area contributed by atoms with Gasteiger partial charge < -0.3 is 9.47 Å². The van der Waals surface area contributed by atoms with Gasteiger partial charge in [-0.1, -0.05) is 0 Å². The summed E-state index contributed by atoms with van der Waals surface area (Å²) in [5.74, 6) is -9.64. The first-order valence-electron chi connectivity index (χ1n) is 3.46.